The molecule has 3 N–H and O–H groups in total. The van der Waals surface area contributed by atoms with E-state index in [1.165, 1.54) is 10.9 Å². The van der Waals surface area contributed by atoms with Crippen LogP contribution >= 0.6 is 0 Å². The van der Waals surface area contributed by atoms with Crippen molar-refractivity contribution in [1.82, 2.24) is 20.3 Å². The summed E-state index contributed by atoms with van der Waals surface area (Å²) < 4.78 is 0. The molecule has 6 nitrogen and oxygen atoms in total. The van der Waals surface area contributed by atoms with Gasteiger partial charge in [0.1, 0.15) is 11.6 Å². The van der Waals surface area contributed by atoms with Crippen molar-refractivity contribution in [3.8, 4) is 0 Å². The number of para-hydroxylation sites is 1. The molecule has 0 spiro atoms. The third-order valence-corrected chi connectivity index (χ3v) is 5.68. The lowest BCUT2D eigenvalue weighted by Crippen LogP contribution is -2.32. The summed E-state index contributed by atoms with van der Waals surface area (Å²) in [5.74, 6) is 2.48. The Kier molecular flexibility index (Phi) is 4.26. The first-order chi connectivity index (χ1) is 13.7. The average molecular weight is 375 g/mol. The Morgan fingerprint density at radius 1 is 1.21 bits per heavy atom. The van der Waals surface area contributed by atoms with E-state index < -0.39 is 0 Å². The van der Waals surface area contributed by atoms with E-state index in [1.807, 2.05) is 31.4 Å². The number of nitrogens with one attached hydrogen (secondary N) is 3. The number of H-pyrrole nitrogens is 1. The number of hydrogen-bond donors (Lipinski definition) is 3. The zero-order chi connectivity index (χ0) is 19.1. The average Bonchev–Trinajstić information content (AvgIpc) is 3.64. The highest BCUT2D eigenvalue weighted by Crippen LogP contribution is 2.39. The summed E-state index contributed by atoms with van der Waals surface area (Å²) in [7, 11) is 1.88. The van der Waals surface area contributed by atoms with Gasteiger partial charge >= 0.3 is 0 Å². The molecule has 2 heterocycles. The molecule has 2 aliphatic carbocycles. The Morgan fingerprint density at radius 3 is 2.79 bits per heavy atom. The number of amides is 1. The number of carbonyl (C=O) groups excluding carboxylic acids is 1. The van der Waals surface area contributed by atoms with E-state index in [2.05, 4.69) is 32.7 Å². The Bertz CT molecular complexity index is 1020. The van der Waals surface area contributed by atoms with Crippen molar-refractivity contribution in [3.05, 3.63) is 53.6 Å². The summed E-state index contributed by atoms with van der Waals surface area (Å²) >= 11 is 0. The van der Waals surface area contributed by atoms with Crippen LogP contribution in [0.25, 0.3) is 10.9 Å². The van der Waals surface area contributed by atoms with Crippen molar-refractivity contribution in [1.29, 1.82) is 0 Å². The Labute approximate surface area is 164 Å². The molecule has 0 saturated heterocycles. The standard InChI is InChI=1S/C22H25N5O/c1-23-20-11-19(25-21(27-20)13-6-7-13)18(26-22(28)14-8-9-14)10-15-12-24-17-5-3-2-4-16(15)17/h2-5,11-14,18,24H,6-10H2,1H3,(H,26,28)(H,23,25,27)/t18-/m1/s1. The summed E-state index contributed by atoms with van der Waals surface area (Å²) in [5.41, 5.74) is 3.19. The van der Waals surface area contributed by atoms with E-state index in [4.69, 9.17) is 4.98 Å². The number of aromatic amines is 1. The van der Waals surface area contributed by atoms with Gasteiger partial charge in [-0.15, -0.1) is 0 Å². The van der Waals surface area contributed by atoms with E-state index in [-0.39, 0.29) is 17.9 Å². The van der Waals surface area contributed by atoms with Crippen molar-refractivity contribution in [2.24, 2.45) is 5.92 Å². The van der Waals surface area contributed by atoms with Crippen LogP contribution < -0.4 is 10.6 Å². The highest BCUT2D eigenvalue weighted by Gasteiger charge is 2.33. The predicted octanol–water partition coefficient (Wildman–Crippen LogP) is 3.69. The smallest absolute Gasteiger partial charge is 0.223 e. The SMILES string of the molecule is CNc1cc([C@@H](Cc2c[nH]c3ccccc23)NC(=O)C2CC2)nc(C2CC2)n1. The molecule has 1 aromatic carbocycles. The third kappa shape index (κ3) is 3.46. The minimum absolute atomic E-state index is 0.141. The van der Waals surface area contributed by atoms with Gasteiger partial charge in [-0.05, 0) is 37.3 Å². The van der Waals surface area contributed by atoms with Crippen molar-refractivity contribution >= 4 is 22.6 Å². The fourth-order valence-corrected chi connectivity index (χ4v) is 3.70. The minimum Gasteiger partial charge on any atom is -0.373 e. The number of aromatic nitrogens is 3. The van der Waals surface area contributed by atoms with E-state index in [0.29, 0.717) is 12.3 Å². The molecule has 2 aliphatic rings. The van der Waals surface area contributed by atoms with Gasteiger partial charge in [-0.25, -0.2) is 9.97 Å². The maximum atomic E-state index is 12.6. The minimum atomic E-state index is -0.167. The normalized spacial score (nSPS) is 17.5. The molecule has 0 bridgehead atoms. The van der Waals surface area contributed by atoms with Crippen LogP contribution in [0.5, 0.6) is 0 Å². The van der Waals surface area contributed by atoms with Gasteiger partial charge in [0.05, 0.1) is 11.7 Å². The lowest BCUT2D eigenvalue weighted by Gasteiger charge is -2.20. The van der Waals surface area contributed by atoms with Gasteiger partial charge in [0, 0.05) is 48.5 Å². The summed E-state index contributed by atoms with van der Waals surface area (Å²) in [5, 5.41) is 7.61. The zero-order valence-corrected chi connectivity index (χ0v) is 16.0. The van der Waals surface area contributed by atoms with Gasteiger partial charge in [0.25, 0.3) is 0 Å². The molecule has 2 saturated carbocycles. The molecule has 144 valence electrons. The summed E-state index contributed by atoms with van der Waals surface area (Å²) in [6, 6.07) is 10.1. The second-order valence-electron chi connectivity index (χ2n) is 7.96. The molecule has 1 atom stereocenters. The maximum absolute atomic E-state index is 12.6. The topological polar surface area (TPSA) is 82.7 Å². The van der Waals surface area contributed by atoms with E-state index in [0.717, 1.165) is 48.5 Å². The first kappa shape index (κ1) is 17.2. The van der Waals surface area contributed by atoms with Gasteiger partial charge in [0.2, 0.25) is 5.91 Å². The second-order valence-corrected chi connectivity index (χ2v) is 7.96. The van der Waals surface area contributed by atoms with Gasteiger partial charge in [-0.1, -0.05) is 18.2 Å². The number of carbonyl (C=O) groups is 1. The first-order valence-electron chi connectivity index (χ1n) is 10.1. The molecule has 3 aromatic rings. The van der Waals surface area contributed by atoms with Crippen LogP contribution in [-0.2, 0) is 11.2 Å². The van der Waals surface area contributed by atoms with Crippen LogP contribution in [0.3, 0.4) is 0 Å². The number of nitrogens with zero attached hydrogens (tertiary/aromatic N) is 2. The van der Waals surface area contributed by atoms with Crippen molar-refractivity contribution < 1.29 is 4.79 Å². The van der Waals surface area contributed by atoms with E-state index in [9.17, 15) is 4.79 Å². The van der Waals surface area contributed by atoms with Gasteiger partial charge in [0.15, 0.2) is 0 Å². The van der Waals surface area contributed by atoms with Crippen molar-refractivity contribution in [3.63, 3.8) is 0 Å². The number of rotatable bonds is 7. The third-order valence-electron chi connectivity index (χ3n) is 5.68. The monoisotopic (exact) mass is 375 g/mol. The van der Waals surface area contributed by atoms with Crippen LogP contribution in [-0.4, -0.2) is 27.9 Å². The molecule has 0 unspecified atom stereocenters. The molecule has 2 aromatic heterocycles. The van der Waals surface area contributed by atoms with E-state index in [1.54, 1.807) is 0 Å². The summed E-state index contributed by atoms with van der Waals surface area (Å²) in [4.78, 5) is 25.4. The number of fused-ring (bicyclic) bond motifs is 1. The molecular formula is C22H25N5O. The van der Waals surface area contributed by atoms with Crippen LogP contribution in [0.1, 0.15) is 54.7 Å². The highest BCUT2D eigenvalue weighted by atomic mass is 16.2. The largest absolute Gasteiger partial charge is 0.373 e. The maximum Gasteiger partial charge on any atom is 0.223 e. The summed E-state index contributed by atoms with van der Waals surface area (Å²) in [6.45, 7) is 0. The highest BCUT2D eigenvalue weighted by molar-refractivity contribution is 5.84. The number of anilines is 1. The molecule has 1 amide bonds. The second kappa shape index (κ2) is 6.93. The zero-order valence-electron chi connectivity index (χ0n) is 16.0. The molecular weight excluding hydrogens is 350 g/mol. The van der Waals surface area contributed by atoms with E-state index >= 15 is 0 Å². The molecule has 0 aliphatic heterocycles. The lowest BCUT2D eigenvalue weighted by molar-refractivity contribution is -0.123. The molecule has 6 heteroatoms. The molecule has 5 rings (SSSR count). The van der Waals surface area contributed by atoms with Crippen LogP contribution in [0.15, 0.2) is 36.5 Å². The lowest BCUT2D eigenvalue weighted by atomic mass is 10.0. The van der Waals surface area contributed by atoms with Crippen LogP contribution in [0, 0.1) is 5.92 Å². The number of benzene rings is 1. The van der Waals surface area contributed by atoms with Gasteiger partial charge in [-0.2, -0.15) is 0 Å². The Morgan fingerprint density at radius 2 is 2.04 bits per heavy atom. The van der Waals surface area contributed by atoms with Crippen molar-refractivity contribution in [2.75, 3.05) is 12.4 Å². The van der Waals surface area contributed by atoms with Crippen LogP contribution in [0.4, 0.5) is 5.82 Å². The first-order valence-corrected chi connectivity index (χ1v) is 10.1. The van der Waals surface area contributed by atoms with Crippen LogP contribution in [0.2, 0.25) is 0 Å². The Balaban J connectivity index is 1.50. The number of hydrogen-bond acceptors (Lipinski definition) is 4. The fourth-order valence-electron chi connectivity index (χ4n) is 3.70. The summed E-state index contributed by atoms with van der Waals surface area (Å²) in [6.07, 6.45) is 7.02. The fraction of sp³-hybridized carbons (Fsp3) is 0.409. The van der Waals surface area contributed by atoms with Crippen molar-refractivity contribution in [2.45, 2.75) is 44.1 Å². The quantitative estimate of drug-likeness (QED) is 0.588. The molecule has 0 radical (unpaired) electrons. The molecule has 2 fully saturated rings. The predicted molar refractivity (Wildman–Crippen MR) is 109 cm³/mol. The van der Waals surface area contributed by atoms with Gasteiger partial charge in [-0.3, -0.25) is 4.79 Å². The Hall–Kier alpha value is -2.89. The van der Waals surface area contributed by atoms with Gasteiger partial charge < -0.3 is 15.6 Å². The molecule has 28 heavy (non-hydrogen) atoms.